The average molecular weight is 472 g/mol. The molecular formula is C28H26FN3O3. The van der Waals surface area contributed by atoms with Crippen molar-refractivity contribution < 1.29 is 18.7 Å². The molecule has 0 saturated carbocycles. The Balaban J connectivity index is 1.73. The van der Waals surface area contributed by atoms with Crippen LogP contribution < -0.4 is 10.1 Å². The molecule has 3 aromatic carbocycles. The van der Waals surface area contributed by atoms with E-state index in [1.54, 1.807) is 16.8 Å². The van der Waals surface area contributed by atoms with Gasteiger partial charge in [-0.1, -0.05) is 38.1 Å². The molecule has 4 rings (SSSR count). The van der Waals surface area contributed by atoms with Gasteiger partial charge in [0.2, 0.25) is 5.88 Å². The van der Waals surface area contributed by atoms with Crippen molar-refractivity contribution in [3.63, 3.8) is 0 Å². The Bertz CT molecular complexity index is 1370. The quantitative estimate of drug-likeness (QED) is 0.336. The third kappa shape index (κ3) is 5.30. The number of aromatic nitrogens is 2. The predicted molar refractivity (Wildman–Crippen MR) is 133 cm³/mol. The number of hydrogen-bond donors (Lipinski definition) is 1. The Labute approximate surface area is 203 Å². The minimum absolute atomic E-state index is 0.0585. The Morgan fingerprint density at radius 1 is 1.00 bits per heavy atom. The first-order valence-corrected chi connectivity index (χ1v) is 11.3. The summed E-state index contributed by atoms with van der Waals surface area (Å²) >= 11 is 0. The lowest BCUT2D eigenvalue weighted by Gasteiger charge is -2.11. The van der Waals surface area contributed by atoms with Gasteiger partial charge in [0.05, 0.1) is 16.9 Å². The fraction of sp³-hybridized carbons (Fsp3) is 0.179. The SMILES string of the molecule is CC(=O)Oc1c(-c2ccc(NC(=O)c3ccc(F)cc3)cc2)c(C(C)C)nn1-c1cccc(C)c1. The topological polar surface area (TPSA) is 73.2 Å². The molecule has 0 bridgehead atoms. The molecule has 6 nitrogen and oxygen atoms in total. The first-order chi connectivity index (χ1) is 16.7. The van der Waals surface area contributed by atoms with E-state index in [4.69, 9.17) is 9.84 Å². The highest BCUT2D eigenvalue weighted by Crippen LogP contribution is 2.39. The summed E-state index contributed by atoms with van der Waals surface area (Å²) in [6, 6.07) is 20.4. The standard InChI is InChI=1S/C28H26FN3O3/c1-17(2)26-25(28(35-19(4)33)32(31-26)24-7-5-6-18(3)16-24)20-10-14-23(15-11-20)30-27(34)21-8-12-22(29)13-9-21/h5-17H,1-4H3,(H,30,34). The van der Waals surface area contributed by atoms with Crippen molar-refractivity contribution in [1.82, 2.24) is 9.78 Å². The number of esters is 1. The molecule has 0 saturated heterocycles. The number of rotatable bonds is 6. The highest BCUT2D eigenvalue weighted by molar-refractivity contribution is 6.04. The number of benzene rings is 3. The van der Waals surface area contributed by atoms with E-state index < -0.39 is 11.8 Å². The first kappa shape index (κ1) is 23.9. The number of aryl methyl sites for hydroxylation is 1. The molecule has 0 aliphatic heterocycles. The van der Waals surface area contributed by atoms with E-state index in [9.17, 15) is 14.0 Å². The van der Waals surface area contributed by atoms with Crippen LogP contribution >= 0.6 is 0 Å². The molecule has 35 heavy (non-hydrogen) atoms. The molecule has 0 unspecified atom stereocenters. The number of amides is 1. The van der Waals surface area contributed by atoms with E-state index in [1.807, 2.05) is 57.2 Å². The van der Waals surface area contributed by atoms with Crippen molar-refractivity contribution >= 4 is 17.6 Å². The zero-order valence-electron chi connectivity index (χ0n) is 20.0. The summed E-state index contributed by atoms with van der Waals surface area (Å²) in [4.78, 5) is 24.5. The van der Waals surface area contributed by atoms with Crippen LogP contribution in [-0.2, 0) is 4.79 Å². The number of halogens is 1. The van der Waals surface area contributed by atoms with Gasteiger partial charge in [0.1, 0.15) is 5.82 Å². The van der Waals surface area contributed by atoms with Gasteiger partial charge in [-0.15, -0.1) is 0 Å². The van der Waals surface area contributed by atoms with Crippen molar-refractivity contribution in [3.05, 3.63) is 95.4 Å². The van der Waals surface area contributed by atoms with Gasteiger partial charge in [0, 0.05) is 18.2 Å². The van der Waals surface area contributed by atoms with E-state index in [2.05, 4.69) is 5.32 Å². The molecule has 7 heteroatoms. The van der Waals surface area contributed by atoms with Crippen molar-refractivity contribution in [3.8, 4) is 22.7 Å². The largest absolute Gasteiger partial charge is 0.407 e. The van der Waals surface area contributed by atoms with Gasteiger partial charge < -0.3 is 10.1 Å². The fourth-order valence-electron chi connectivity index (χ4n) is 3.78. The lowest BCUT2D eigenvalue weighted by atomic mass is 9.99. The molecule has 1 heterocycles. The van der Waals surface area contributed by atoms with Crippen LogP contribution in [0.5, 0.6) is 5.88 Å². The Morgan fingerprint density at radius 2 is 1.69 bits per heavy atom. The third-order valence-electron chi connectivity index (χ3n) is 5.44. The van der Waals surface area contributed by atoms with Crippen molar-refractivity contribution in [2.75, 3.05) is 5.32 Å². The molecule has 0 aliphatic rings. The minimum atomic E-state index is -0.446. The second-order valence-electron chi connectivity index (χ2n) is 8.60. The zero-order valence-corrected chi connectivity index (χ0v) is 20.0. The Morgan fingerprint density at radius 3 is 2.29 bits per heavy atom. The van der Waals surface area contributed by atoms with Gasteiger partial charge in [0.15, 0.2) is 0 Å². The van der Waals surface area contributed by atoms with Crippen molar-refractivity contribution in [1.29, 1.82) is 0 Å². The molecule has 0 radical (unpaired) electrons. The highest BCUT2D eigenvalue weighted by atomic mass is 19.1. The zero-order chi connectivity index (χ0) is 25.1. The lowest BCUT2D eigenvalue weighted by molar-refractivity contribution is -0.132. The van der Waals surface area contributed by atoms with Crippen molar-refractivity contribution in [2.45, 2.75) is 33.6 Å². The number of carbonyl (C=O) groups is 2. The molecule has 4 aromatic rings. The first-order valence-electron chi connectivity index (χ1n) is 11.3. The number of nitrogens with zero attached hydrogens (tertiary/aromatic N) is 2. The third-order valence-corrected chi connectivity index (χ3v) is 5.44. The van der Waals surface area contributed by atoms with Crippen LogP contribution in [0.25, 0.3) is 16.8 Å². The summed E-state index contributed by atoms with van der Waals surface area (Å²) in [5, 5.41) is 7.62. The van der Waals surface area contributed by atoms with Gasteiger partial charge in [0.25, 0.3) is 5.91 Å². The molecule has 1 amide bonds. The fourth-order valence-corrected chi connectivity index (χ4v) is 3.78. The van der Waals surface area contributed by atoms with Crippen molar-refractivity contribution in [2.24, 2.45) is 0 Å². The lowest BCUT2D eigenvalue weighted by Crippen LogP contribution is -2.11. The summed E-state index contributed by atoms with van der Waals surface area (Å²) < 4.78 is 20.5. The molecule has 178 valence electrons. The summed E-state index contributed by atoms with van der Waals surface area (Å²) in [6.07, 6.45) is 0. The molecule has 0 spiro atoms. The van der Waals surface area contributed by atoms with Crippen LogP contribution in [0.2, 0.25) is 0 Å². The number of nitrogens with one attached hydrogen (secondary N) is 1. The van der Waals surface area contributed by atoms with Crippen LogP contribution in [-0.4, -0.2) is 21.7 Å². The minimum Gasteiger partial charge on any atom is -0.407 e. The maximum absolute atomic E-state index is 13.1. The number of hydrogen-bond acceptors (Lipinski definition) is 4. The molecule has 0 fully saturated rings. The normalized spacial score (nSPS) is 10.9. The second kappa shape index (κ2) is 9.93. The van der Waals surface area contributed by atoms with Gasteiger partial charge >= 0.3 is 5.97 Å². The Kier molecular flexibility index (Phi) is 6.78. The van der Waals surface area contributed by atoms with E-state index in [1.165, 1.54) is 31.2 Å². The van der Waals surface area contributed by atoms with Gasteiger partial charge in [-0.25, -0.2) is 4.39 Å². The molecule has 0 aliphatic carbocycles. The van der Waals surface area contributed by atoms with Gasteiger partial charge in [-0.05, 0) is 72.5 Å². The van der Waals surface area contributed by atoms with Gasteiger partial charge in [-0.2, -0.15) is 9.78 Å². The number of ether oxygens (including phenoxy) is 1. The monoisotopic (exact) mass is 471 g/mol. The van der Waals surface area contributed by atoms with Crippen LogP contribution in [0.4, 0.5) is 10.1 Å². The van der Waals surface area contributed by atoms with E-state index in [-0.39, 0.29) is 11.8 Å². The van der Waals surface area contributed by atoms with Gasteiger partial charge in [-0.3, -0.25) is 9.59 Å². The van der Waals surface area contributed by atoms with Crippen LogP contribution in [0.3, 0.4) is 0 Å². The molecule has 1 aromatic heterocycles. The van der Waals surface area contributed by atoms with E-state index in [0.29, 0.717) is 22.7 Å². The Hall–Kier alpha value is -4.26. The number of anilines is 1. The van der Waals surface area contributed by atoms with Crippen LogP contribution in [0.15, 0.2) is 72.8 Å². The van der Waals surface area contributed by atoms with E-state index >= 15 is 0 Å². The maximum atomic E-state index is 13.1. The van der Waals surface area contributed by atoms with Crippen LogP contribution in [0, 0.1) is 12.7 Å². The molecule has 1 N–H and O–H groups in total. The molecular weight excluding hydrogens is 445 g/mol. The summed E-state index contributed by atoms with van der Waals surface area (Å²) in [5.41, 5.74) is 5.07. The summed E-state index contributed by atoms with van der Waals surface area (Å²) in [6.45, 7) is 7.41. The second-order valence-corrected chi connectivity index (χ2v) is 8.60. The maximum Gasteiger partial charge on any atom is 0.309 e. The predicted octanol–water partition coefficient (Wildman–Crippen LogP) is 6.29. The van der Waals surface area contributed by atoms with Crippen LogP contribution in [0.1, 0.15) is 48.3 Å². The van der Waals surface area contributed by atoms with E-state index in [0.717, 1.165) is 22.5 Å². The molecule has 0 atom stereocenters. The highest BCUT2D eigenvalue weighted by Gasteiger charge is 2.25. The summed E-state index contributed by atoms with van der Waals surface area (Å²) in [7, 11) is 0. The smallest absolute Gasteiger partial charge is 0.309 e. The number of carbonyl (C=O) groups excluding carboxylic acids is 2. The summed E-state index contributed by atoms with van der Waals surface area (Å²) in [5.74, 6) is -0.785. The average Bonchev–Trinajstić information content (AvgIpc) is 3.19.